The molecule has 0 amide bonds. The summed E-state index contributed by atoms with van der Waals surface area (Å²) in [5.74, 6) is 0. The van der Waals surface area contributed by atoms with Gasteiger partial charge in [0.05, 0.1) is 11.1 Å². The van der Waals surface area contributed by atoms with Crippen molar-refractivity contribution in [1.29, 1.82) is 0 Å². The van der Waals surface area contributed by atoms with E-state index < -0.39 is 0 Å². The molecule has 0 radical (unpaired) electrons. The van der Waals surface area contributed by atoms with Gasteiger partial charge in [-0.2, -0.15) is 0 Å². The van der Waals surface area contributed by atoms with Crippen molar-refractivity contribution < 1.29 is 4.42 Å². The maximum Gasteiger partial charge on any atom is 0.164 e. The van der Waals surface area contributed by atoms with Crippen LogP contribution in [0.5, 0.6) is 0 Å². The van der Waals surface area contributed by atoms with Crippen molar-refractivity contribution in [1.82, 2.24) is 15.0 Å². The molecule has 5 aromatic rings. The van der Waals surface area contributed by atoms with Crippen LogP contribution in [0.15, 0.2) is 71.5 Å². The number of benzene rings is 1. The highest BCUT2D eigenvalue weighted by molar-refractivity contribution is 6.06. The molecular weight excluding hydrogens is 286 g/mol. The number of rotatable bonds is 1. The summed E-state index contributed by atoms with van der Waals surface area (Å²) in [4.78, 5) is 13.5. The molecular formula is C19H11N3O. The van der Waals surface area contributed by atoms with E-state index >= 15 is 0 Å². The minimum atomic E-state index is 0.726. The van der Waals surface area contributed by atoms with Gasteiger partial charge in [-0.1, -0.05) is 24.3 Å². The fourth-order valence-electron chi connectivity index (χ4n) is 2.92. The Kier molecular flexibility index (Phi) is 2.46. The Morgan fingerprint density at radius 3 is 2.65 bits per heavy atom. The van der Waals surface area contributed by atoms with Crippen LogP contribution in [0.4, 0.5) is 0 Å². The molecule has 23 heavy (non-hydrogen) atoms. The molecule has 0 spiro atoms. The van der Waals surface area contributed by atoms with Crippen LogP contribution in [-0.2, 0) is 0 Å². The summed E-state index contributed by atoms with van der Waals surface area (Å²) in [6.45, 7) is 0. The molecule has 0 saturated carbocycles. The first kappa shape index (κ1) is 12.3. The largest absolute Gasteiger partial charge is 0.452 e. The number of hydrogen-bond donors (Lipinski definition) is 0. The minimum Gasteiger partial charge on any atom is -0.452 e. The van der Waals surface area contributed by atoms with Crippen molar-refractivity contribution in [3.8, 4) is 11.4 Å². The lowest BCUT2D eigenvalue weighted by molar-refractivity contribution is 0.667. The van der Waals surface area contributed by atoms with Crippen LogP contribution in [0.2, 0.25) is 0 Å². The Labute approximate surface area is 131 Å². The Hall–Kier alpha value is -3.27. The second kappa shape index (κ2) is 4.61. The van der Waals surface area contributed by atoms with Crippen LogP contribution in [0, 0.1) is 0 Å². The molecule has 108 valence electrons. The highest BCUT2D eigenvalue weighted by Gasteiger charge is 2.14. The molecule has 0 N–H and O–H groups in total. The monoisotopic (exact) mass is 297 g/mol. The van der Waals surface area contributed by atoms with Crippen LogP contribution in [0.1, 0.15) is 0 Å². The van der Waals surface area contributed by atoms with E-state index in [9.17, 15) is 0 Å². The van der Waals surface area contributed by atoms with E-state index in [-0.39, 0.29) is 0 Å². The normalized spacial score (nSPS) is 11.5. The zero-order valence-corrected chi connectivity index (χ0v) is 12.1. The molecule has 0 saturated heterocycles. The smallest absolute Gasteiger partial charge is 0.164 e. The van der Waals surface area contributed by atoms with Gasteiger partial charge in [-0.15, -0.1) is 0 Å². The molecule has 4 aromatic heterocycles. The van der Waals surface area contributed by atoms with Gasteiger partial charge >= 0.3 is 0 Å². The Balaban J connectivity index is 1.84. The summed E-state index contributed by atoms with van der Waals surface area (Å²) in [6, 6.07) is 15.9. The van der Waals surface area contributed by atoms with Crippen LogP contribution in [0.25, 0.3) is 44.2 Å². The molecule has 0 atom stereocenters. The van der Waals surface area contributed by atoms with E-state index in [1.165, 1.54) is 0 Å². The predicted octanol–water partition coefficient (Wildman–Crippen LogP) is 4.59. The molecule has 0 aliphatic rings. The van der Waals surface area contributed by atoms with E-state index in [0.29, 0.717) is 0 Å². The van der Waals surface area contributed by atoms with Crippen molar-refractivity contribution in [3.05, 3.63) is 67.1 Å². The second-order valence-corrected chi connectivity index (χ2v) is 5.41. The topological polar surface area (TPSA) is 51.8 Å². The number of hydrogen-bond acceptors (Lipinski definition) is 4. The van der Waals surface area contributed by atoms with Gasteiger partial charge in [-0.3, -0.25) is 15.0 Å². The third-order valence-electron chi connectivity index (χ3n) is 4.02. The van der Waals surface area contributed by atoms with Gasteiger partial charge in [0.15, 0.2) is 11.2 Å². The van der Waals surface area contributed by atoms with Gasteiger partial charge < -0.3 is 4.42 Å². The van der Waals surface area contributed by atoms with E-state index in [1.54, 1.807) is 12.4 Å². The molecule has 4 heteroatoms. The van der Waals surface area contributed by atoms with Crippen molar-refractivity contribution in [2.45, 2.75) is 0 Å². The van der Waals surface area contributed by atoms with Gasteiger partial charge in [0.2, 0.25) is 0 Å². The first-order valence-electron chi connectivity index (χ1n) is 7.37. The number of furan rings is 1. The van der Waals surface area contributed by atoms with E-state index in [4.69, 9.17) is 4.42 Å². The van der Waals surface area contributed by atoms with Crippen molar-refractivity contribution in [3.63, 3.8) is 0 Å². The lowest BCUT2D eigenvalue weighted by Gasteiger charge is -2.03. The highest BCUT2D eigenvalue weighted by Crippen LogP contribution is 2.33. The standard InChI is InChI=1S/C19H11N3O/c1-2-5-13-11-22-15(10-12(13)4-1)18-19-14(7-9-21-18)17-16(23-19)6-3-8-20-17/h1-11H. The molecule has 0 bridgehead atoms. The van der Waals surface area contributed by atoms with Crippen molar-refractivity contribution >= 4 is 32.8 Å². The van der Waals surface area contributed by atoms with Crippen molar-refractivity contribution in [2.24, 2.45) is 0 Å². The van der Waals surface area contributed by atoms with Crippen molar-refractivity contribution in [2.75, 3.05) is 0 Å². The summed E-state index contributed by atoms with van der Waals surface area (Å²) in [7, 11) is 0. The number of aromatic nitrogens is 3. The molecule has 4 heterocycles. The molecule has 1 aromatic carbocycles. The Bertz CT molecular complexity index is 1180. The third-order valence-corrected chi connectivity index (χ3v) is 4.02. The summed E-state index contributed by atoms with van der Waals surface area (Å²) in [5, 5.41) is 3.20. The molecule has 5 rings (SSSR count). The van der Waals surface area contributed by atoms with Crippen LogP contribution in [-0.4, -0.2) is 15.0 Å². The number of nitrogens with zero attached hydrogens (tertiary/aromatic N) is 3. The van der Waals surface area contributed by atoms with Crippen LogP contribution in [0.3, 0.4) is 0 Å². The SMILES string of the molecule is c1ccc2cc(-c3nccc4c3oc3cccnc34)ncc2c1. The van der Waals surface area contributed by atoms with Crippen LogP contribution >= 0.6 is 0 Å². The fraction of sp³-hybridized carbons (Fsp3) is 0. The number of fused-ring (bicyclic) bond motifs is 4. The van der Waals surface area contributed by atoms with E-state index in [1.807, 2.05) is 48.7 Å². The summed E-state index contributed by atoms with van der Waals surface area (Å²) in [5.41, 5.74) is 3.88. The molecule has 0 aliphatic heterocycles. The average Bonchev–Trinajstić information content (AvgIpc) is 3.00. The average molecular weight is 297 g/mol. The van der Waals surface area contributed by atoms with Gasteiger partial charge in [0.1, 0.15) is 11.2 Å². The van der Waals surface area contributed by atoms with Gasteiger partial charge in [-0.25, -0.2) is 0 Å². The summed E-state index contributed by atoms with van der Waals surface area (Å²) in [6.07, 6.45) is 5.41. The van der Waals surface area contributed by atoms with E-state index in [0.717, 1.165) is 44.2 Å². The summed E-state index contributed by atoms with van der Waals surface area (Å²) >= 11 is 0. The lowest BCUT2D eigenvalue weighted by Crippen LogP contribution is -1.88. The van der Waals surface area contributed by atoms with Gasteiger partial charge in [-0.05, 0) is 29.7 Å². The quantitative estimate of drug-likeness (QED) is 0.454. The lowest BCUT2D eigenvalue weighted by atomic mass is 10.1. The first-order chi connectivity index (χ1) is 11.4. The zero-order chi connectivity index (χ0) is 15.2. The Morgan fingerprint density at radius 2 is 1.70 bits per heavy atom. The molecule has 0 unspecified atom stereocenters. The predicted molar refractivity (Wildman–Crippen MR) is 90.0 cm³/mol. The molecule has 0 aliphatic carbocycles. The van der Waals surface area contributed by atoms with Gasteiger partial charge in [0, 0.05) is 24.0 Å². The minimum absolute atomic E-state index is 0.726. The second-order valence-electron chi connectivity index (χ2n) is 5.41. The summed E-state index contributed by atoms with van der Waals surface area (Å²) < 4.78 is 5.99. The first-order valence-corrected chi connectivity index (χ1v) is 7.37. The number of pyridine rings is 3. The fourth-order valence-corrected chi connectivity index (χ4v) is 2.92. The molecule has 0 fully saturated rings. The third kappa shape index (κ3) is 1.82. The maximum atomic E-state index is 5.99. The Morgan fingerprint density at radius 1 is 0.783 bits per heavy atom. The molecule has 4 nitrogen and oxygen atoms in total. The van der Waals surface area contributed by atoms with Crippen LogP contribution < -0.4 is 0 Å². The highest BCUT2D eigenvalue weighted by atomic mass is 16.3. The van der Waals surface area contributed by atoms with Gasteiger partial charge in [0.25, 0.3) is 0 Å². The van der Waals surface area contributed by atoms with E-state index in [2.05, 4.69) is 21.0 Å². The zero-order valence-electron chi connectivity index (χ0n) is 12.1. The maximum absolute atomic E-state index is 5.99.